The molecule has 1 atom stereocenters. The van der Waals surface area contributed by atoms with Crippen LogP contribution in [0.3, 0.4) is 0 Å². The summed E-state index contributed by atoms with van der Waals surface area (Å²) >= 11 is 0. The Balaban J connectivity index is 4.33. The predicted octanol–water partition coefficient (Wildman–Crippen LogP) is 14.6. The molecule has 0 bridgehead atoms. The lowest BCUT2D eigenvalue weighted by Gasteiger charge is -2.18. The Hall–Kier alpha value is -1.59. The van der Waals surface area contributed by atoms with Gasteiger partial charge in [-0.1, -0.05) is 214 Å². The summed E-state index contributed by atoms with van der Waals surface area (Å²) in [4.78, 5) is 37.7. The molecule has 0 aliphatic carbocycles. The Kier molecular flexibility index (Phi) is 38.9. The van der Waals surface area contributed by atoms with E-state index in [0.717, 1.165) is 69.6 Å². The van der Waals surface area contributed by atoms with Crippen molar-refractivity contribution in [2.75, 3.05) is 13.2 Å². The van der Waals surface area contributed by atoms with E-state index in [1.807, 2.05) is 0 Å². The molecule has 0 rings (SSSR count). The minimum Gasteiger partial charge on any atom is -0.462 e. The van der Waals surface area contributed by atoms with E-state index in [0.29, 0.717) is 19.3 Å². The third kappa shape index (κ3) is 41.4. The molecule has 0 aromatic rings. The molecule has 0 N–H and O–H groups in total. The molecule has 0 heterocycles. The third-order valence-electron chi connectivity index (χ3n) is 10.5. The highest BCUT2D eigenvalue weighted by Gasteiger charge is 2.19. The molecular formula is C47H90O6. The molecule has 53 heavy (non-hydrogen) atoms. The van der Waals surface area contributed by atoms with Crippen molar-refractivity contribution in [3.63, 3.8) is 0 Å². The molecule has 0 unspecified atom stereocenters. The Bertz CT molecular complexity index is 809. The van der Waals surface area contributed by atoms with Crippen molar-refractivity contribution in [3.8, 4) is 0 Å². The van der Waals surface area contributed by atoms with Gasteiger partial charge in [0, 0.05) is 19.3 Å². The van der Waals surface area contributed by atoms with Gasteiger partial charge in [-0.25, -0.2) is 0 Å². The fourth-order valence-electron chi connectivity index (χ4n) is 6.93. The number of carbonyl (C=O) groups is 3. The third-order valence-corrected chi connectivity index (χ3v) is 10.5. The smallest absolute Gasteiger partial charge is 0.306 e. The van der Waals surface area contributed by atoms with Crippen LogP contribution in [0.4, 0.5) is 0 Å². The molecule has 6 heteroatoms. The summed E-state index contributed by atoms with van der Waals surface area (Å²) in [5.41, 5.74) is 0. The highest BCUT2D eigenvalue weighted by Crippen LogP contribution is 2.16. The predicted molar refractivity (Wildman–Crippen MR) is 224 cm³/mol. The average molecular weight is 751 g/mol. The summed E-state index contributed by atoms with van der Waals surface area (Å²) in [5, 5.41) is 0. The van der Waals surface area contributed by atoms with Crippen LogP contribution in [-0.4, -0.2) is 37.2 Å². The maximum absolute atomic E-state index is 12.7. The molecule has 314 valence electrons. The van der Waals surface area contributed by atoms with Crippen molar-refractivity contribution in [1.82, 2.24) is 0 Å². The van der Waals surface area contributed by atoms with Crippen molar-refractivity contribution < 1.29 is 28.6 Å². The van der Waals surface area contributed by atoms with Gasteiger partial charge in [0.05, 0.1) is 0 Å². The van der Waals surface area contributed by atoms with E-state index in [2.05, 4.69) is 34.6 Å². The van der Waals surface area contributed by atoms with Gasteiger partial charge in [0.25, 0.3) is 0 Å². The Morgan fingerprint density at radius 3 is 0.925 bits per heavy atom. The zero-order valence-electron chi connectivity index (χ0n) is 36.1. The zero-order chi connectivity index (χ0) is 39.0. The molecule has 0 saturated carbocycles. The molecule has 0 aliphatic rings. The second-order valence-electron chi connectivity index (χ2n) is 17.0. The van der Waals surface area contributed by atoms with Crippen molar-refractivity contribution >= 4 is 17.9 Å². The average Bonchev–Trinajstić information content (AvgIpc) is 3.12. The van der Waals surface area contributed by atoms with E-state index >= 15 is 0 Å². The van der Waals surface area contributed by atoms with Gasteiger partial charge >= 0.3 is 17.9 Å². The number of hydrogen-bond acceptors (Lipinski definition) is 6. The SMILES string of the molecule is CCCCCCCCCCCCC(=O)OC[C@@H](COC(=O)CCCCCCCCCCC(C)C)OC(=O)CCCCCCCCCCCCCC(C)C. The maximum atomic E-state index is 12.7. The Morgan fingerprint density at radius 1 is 0.358 bits per heavy atom. The molecule has 0 aromatic heterocycles. The molecular weight excluding hydrogens is 661 g/mol. The first-order chi connectivity index (χ1) is 25.7. The summed E-state index contributed by atoms with van der Waals surface area (Å²) in [6.45, 7) is 11.3. The van der Waals surface area contributed by atoms with Crippen LogP contribution >= 0.6 is 0 Å². The van der Waals surface area contributed by atoms with Gasteiger partial charge in [-0.05, 0) is 31.1 Å². The lowest BCUT2D eigenvalue weighted by molar-refractivity contribution is -0.167. The number of ether oxygens (including phenoxy) is 3. The van der Waals surface area contributed by atoms with Gasteiger partial charge in [0.2, 0.25) is 0 Å². The summed E-state index contributed by atoms with van der Waals surface area (Å²) < 4.78 is 16.7. The van der Waals surface area contributed by atoms with Gasteiger partial charge in [-0.15, -0.1) is 0 Å². The van der Waals surface area contributed by atoms with Crippen LogP contribution in [0.1, 0.15) is 253 Å². The Morgan fingerprint density at radius 2 is 0.623 bits per heavy atom. The first-order valence-electron chi connectivity index (χ1n) is 23.2. The highest BCUT2D eigenvalue weighted by molar-refractivity contribution is 5.71. The van der Waals surface area contributed by atoms with E-state index in [9.17, 15) is 14.4 Å². The molecule has 0 amide bonds. The van der Waals surface area contributed by atoms with Crippen molar-refractivity contribution in [2.24, 2.45) is 11.8 Å². The lowest BCUT2D eigenvalue weighted by Crippen LogP contribution is -2.30. The summed E-state index contributed by atoms with van der Waals surface area (Å²) in [7, 11) is 0. The van der Waals surface area contributed by atoms with Gasteiger partial charge in [-0.2, -0.15) is 0 Å². The van der Waals surface area contributed by atoms with E-state index < -0.39 is 6.10 Å². The lowest BCUT2D eigenvalue weighted by atomic mass is 10.0. The number of unbranched alkanes of at least 4 members (excludes halogenated alkanes) is 26. The van der Waals surface area contributed by atoms with Crippen molar-refractivity contribution in [3.05, 3.63) is 0 Å². The monoisotopic (exact) mass is 751 g/mol. The summed E-state index contributed by atoms with van der Waals surface area (Å²) in [6.07, 6.45) is 38.0. The van der Waals surface area contributed by atoms with Crippen LogP contribution in [0.2, 0.25) is 0 Å². The fourth-order valence-corrected chi connectivity index (χ4v) is 6.93. The summed E-state index contributed by atoms with van der Waals surface area (Å²) in [5.74, 6) is 0.763. The molecule has 0 radical (unpaired) electrons. The highest BCUT2D eigenvalue weighted by atomic mass is 16.6. The van der Waals surface area contributed by atoms with Crippen LogP contribution in [-0.2, 0) is 28.6 Å². The van der Waals surface area contributed by atoms with Crippen LogP contribution in [0.5, 0.6) is 0 Å². The number of rotatable bonds is 41. The topological polar surface area (TPSA) is 78.9 Å². The first kappa shape index (κ1) is 51.4. The van der Waals surface area contributed by atoms with Crippen molar-refractivity contribution in [1.29, 1.82) is 0 Å². The quantitative estimate of drug-likeness (QED) is 0.0352. The molecule has 0 aromatic carbocycles. The van der Waals surface area contributed by atoms with Gasteiger partial charge < -0.3 is 14.2 Å². The summed E-state index contributed by atoms with van der Waals surface area (Å²) in [6, 6.07) is 0. The normalized spacial score (nSPS) is 12.1. The largest absolute Gasteiger partial charge is 0.462 e. The molecule has 0 spiro atoms. The van der Waals surface area contributed by atoms with Gasteiger partial charge in [0.1, 0.15) is 13.2 Å². The molecule has 6 nitrogen and oxygen atoms in total. The Labute approximate surface area is 329 Å². The number of hydrogen-bond donors (Lipinski definition) is 0. The number of esters is 3. The minimum atomic E-state index is -0.760. The minimum absolute atomic E-state index is 0.0650. The van der Waals surface area contributed by atoms with Crippen LogP contribution < -0.4 is 0 Å². The van der Waals surface area contributed by atoms with Crippen molar-refractivity contribution in [2.45, 2.75) is 259 Å². The fraction of sp³-hybridized carbons (Fsp3) is 0.936. The number of carbonyl (C=O) groups excluding carboxylic acids is 3. The second-order valence-corrected chi connectivity index (χ2v) is 17.0. The first-order valence-corrected chi connectivity index (χ1v) is 23.2. The molecule has 0 aliphatic heterocycles. The van der Waals surface area contributed by atoms with Crippen LogP contribution in [0.25, 0.3) is 0 Å². The van der Waals surface area contributed by atoms with Crippen LogP contribution in [0.15, 0.2) is 0 Å². The van der Waals surface area contributed by atoms with E-state index in [1.165, 1.54) is 141 Å². The van der Waals surface area contributed by atoms with Gasteiger partial charge in [-0.3, -0.25) is 14.4 Å². The standard InChI is InChI=1S/C47H90O6/c1-6-7-8-9-10-11-16-22-27-32-37-45(48)51-40-44(41-52-46(49)38-33-28-23-19-18-21-26-31-36-43(4)5)53-47(50)39-34-29-24-17-14-12-13-15-20-25-30-35-42(2)3/h42-44H,6-41H2,1-5H3/t44-/m0/s1. The maximum Gasteiger partial charge on any atom is 0.306 e. The van der Waals surface area contributed by atoms with E-state index in [4.69, 9.17) is 14.2 Å². The van der Waals surface area contributed by atoms with Gasteiger partial charge in [0.15, 0.2) is 6.10 Å². The van der Waals surface area contributed by atoms with E-state index in [1.54, 1.807) is 0 Å². The van der Waals surface area contributed by atoms with Crippen LogP contribution in [0, 0.1) is 11.8 Å². The molecule has 0 saturated heterocycles. The van der Waals surface area contributed by atoms with E-state index in [-0.39, 0.29) is 31.1 Å². The molecule has 0 fully saturated rings. The zero-order valence-corrected chi connectivity index (χ0v) is 36.1. The second kappa shape index (κ2) is 40.1.